The molecule has 3 rings (SSSR count). The first-order valence-corrected chi connectivity index (χ1v) is 7.99. The molecule has 1 N–H and O–H groups in total. The van der Waals surface area contributed by atoms with E-state index in [0.717, 1.165) is 48.1 Å². The van der Waals surface area contributed by atoms with E-state index in [1.54, 1.807) is 7.11 Å². The molecule has 1 aliphatic rings. The van der Waals surface area contributed by atoms with Crippen molar-refractivity contribution in [3.8, 4) is 5.75 Å². The summed E-state index contributed by atoms with van der Waals surface area (Å²) in [4.78, 5) is 17.8. The summed E-state index contributed by atoms with van der Waals surface area (Å²) >= 11 is 0. The molecule has 0 atom stereocenters. The van der Waals surface area contributed by atoms with Crippen LogP contribution in [0.15, 0.2) is 24.4 Å². The minimum atomic E-state index is -0.696. The van der Waals surface area contributed by atoms with Crippen LogP contribution in [-0.2, 0) is 4.79 Å². The zero-order valence-electron chi connectivity index (χ0n) is 13.6. The highest BCUT2D eigenvalue weighted by molar-refractivity contribution is 5.96. The van der Waals surface area contributed by atoms with Crippen molar-refractivity contribution >= 4 is 22.6 Å². The van der Waals surface area contributed by atoms with E-state index in [4.69, 9.17) is 9.84 Å². The van der Waals surface area contributed by atoms with Gasteiger partial charge in [-0.05, 0) is 37.3 Å². The van der Waals surface area contributed by atoms with E-state index >= 15 is 0 Å². The largest absolute Gasteiger partial charge is 0.494 e. The van der Waals surface area contributed by atoms with Crippen LogP contribution in [-0.4, -0.2) is 36.3 Å². The molecule has 0 radical (unpaired) electrons. The topological polar surface area (TPSA) is 62.7 Å². The molecule has 0 spiro atoms. The quantitative estimate of drug-likeness (QED) is 0.938. The molecule has 122 valence electrons. The van der Waals surface area contributed by atoms with Gasteiger partial charge in [-0.25, -0.2) is 0 Å². The predicted molar refractivity (Wildman–Crippen MR) is 90.2 cm³/mol. The molecule has 0 saturated carbocycles. The minimum Gasteiger partial charge on any atom is -0.494 e. The third kappa shape index (κ3) is 3.09. The Hall–Kier alpha value is -2.30. The second kappa shape index (κ2) is 6.44. The zero-order chi connectivity index (χ0) is 16.4. The van der Waals surface area contributed by atoms with Gasteiger partial charge in [0.05, 0.1) is 12.8 Å². The van der Waals surface area contributed by atoms with Crippen molar-refractivity contribution in [1.29, 1.82) is 0 Å². The van der Waals surface area contributed by atoms with Crippen LogP contribution in [0.3, 0.4) is 0 Å². The lowest BCUT2D eigenvalue weighted by atomic mass is 9.92. The molecule has 5 heteroatoms. The van der Waals surface area contributed by atoms with Crippen LogP contribution in [0.5, 0.6) is 5.75 Å². The fourth-order valence-corrected chi connectivity index (χ4v) is 3.47. The molecule has 2 aromatic rings. The van der Waals surface area contributed by atoms with Crippen LogP contribution >= 0.6 is 0 Å². The number of benzene rings is 1. The van der Waals surface area contributed by atoms with Gasteiger partial charge in [-0.1, -0.05) is 12.1 Å². The van der Waals surface area contributed by atoms with Crippen molar-refractivity contribution in [2.45, 2.75) is 26.2 Å². The predicted octanol–water partition coefficient (Wildman–Crippen LogP) is 3.24. The van der Waals surface area contributed by atoms with E-state index in [2.05, 4.69) is 22.9 Å². The maximum atomic E-state index is 10.9. The number of carboxylic acid groups (broad SMARTS) is 1. The average molecular weight is 314 g/mol. The Morgan fingerprint density at radius 3 is 2.78 bits per heavy atom. The molecule has 1 saturated heterocycles. The van der Waals surface area contributed by atoms with Crippen molar-refractivity contribution in [3.63, 3.8) is 0 Å². The number of aryl methyl sites for hydroxylation is 1. The highest BCUT2D eigenvalue weighted by Gasteiger charge is 2.24. The van der Waals surface area contributed by atoms with E-state index < -0.39 is 5.97 Å². The summed E-state index contributed by atoms with van der Waals surface area (Å²) in [6.45, 7) is 3.84. The van der Waals surface area contributed by atoms with E-state index in [1.165, 1.54) is 5.69 Å². The van der Waals surface area contributed by atoms with Crippen LogP contribution in [0.4, 0.5) is 5.69 Å². The number of methoxy groups -OCH3 is 1. The first kappa shape index (κ1) is 15.6. The van der Waals surface area contributed by atoms with E-state index in [1.807, 2.05) is 18.3 Å². The van der Waals surface area contributed by atoms with Gasteiger partial charge < -0.3 is 14.7 Å². The molecule has 1 aliphatic heterocycles. The molecule has 2 heterocycles. The van der Waals surface area contributed by atoms with Crippen LogP contribution in [0.2, 0.25) is 0 Å². The number of anilines is 1. The van der Waals surface area contributed by atoms with Crippen molar-refractivity contribution in [3.05, 3.63) is 30.0 Å². The van der Waals surface area contributed by atoms with E-state index in [-0.39, 0.29) is 12.3 Å². The van der Waals surface area contributed by atoms with Crippen molar-refractivity contribution in [2.24, 2.45) is 5.92 Å². The van der Waals surface area contributed by atoms with Gasteiger partial charge in [0, 0.05) is 31.1 Å². The van der Waals surface area contributed by atoms with Gasteiger partial charge in [0.2, 0.25) is 0 Å². The molecule has 23 heavy (non-hydrogen) atoms. The molecule has 0 bridgehead atoms. The highest BCUT2D eigenvalue weighted by Crippen LogP contribution is 2.35. The zero-order valence-corrected chi connectivity index (χ0v) is 13.6. The number of pyridine rings is 1. The first-order chi connectivity index (χ1) is 11.1. The minimum absolute atomic E-state index is 0.276. The number of aliphatic carboxylic acids is 1. The third-order valence-corrected chi connectivity index (χ3v) is 4.63. The maximum Gasteiger partial charge on any atom is 0.303 e. The van der Waals surface area contributed by atoms with Gasteiger partial charge in [-0.2, -0.15) is 0 Å². The normalized spacial score (nSPS) is 15.8. The summed E-state index contributed by atoms with van der Waals surface area (Å²) in [6.07, 6.45) is 4.00. The summed E-state index contributed by atoms with van der Waals surface area (Å²) in [6, 6.07) is 5.99. The number of ether oxygens (including phenoxy) is 1. The number of nitrogens with zero attached hydrogens (tertiary/aromatic N) is 2. The van der Waals surface area contributed by atoms with Crippen molar-refractivity contribution in [1.82, 2.24) is 4.98 Å². The summed E-state index contributed by atoms with van der Waals surface area (Å²) in [5.41, 5.74) is 3.22. The molecular formula is C18H22N2O3. The molecule has 5 nitrogen and oxygen atoms in total. The summed E-state index contributed by atoms with van der Waals surface area (Å²) in [5.74, 6) is 0.370. The SMILES string of the molecule is COc1cccc2c(N3CCC(CC(=O)O)CC3)c(C)cnc12. The van der Waals surface area contributed by atoms with Gasteiger partial charge in [0.25, 0.3) is 0 Å². The van der Waals surface area contributed by atoms with Crippen LogP contribution < -0.4 is 9.64 Å². The fourth-order valence-electron chi connectivity index (χ4n) is 3.47. The standard InChI is InChI=1S/C18H22N2O3/c1-12-11-19-17-14(4-3-5-15(17)23-2)18(12)20-8-6-13(7-9-20)10-16(21)22/h3-5,11,13H,6-10H2,1-2H3,(H,21,22). The Morgan fingerprint density at radius 2 is 2.13 bits per heavy atom. The second-order valence-corrected chi connectivity index (χ2v) is 6.17. The molecule has 1 aromatic carbocycles. The fraction of sp³-hybridized carbons (Fsp3) is 0.444. The molecule has 1 aromatic heterocycles. The third-order valence-electron chi connectivity index (χ3n) is 4.63. The Balaban J connectivity index is 1.91. The highest BCUT2D eigenvalue weighted by atomic mass is 16.5. The van der Waals surface area contributed by atoms with E-state index in [0.29, 0.717) is 0 Å². The first-order valence-electron chi connectivity index (χ1n) is 7.99. The monoisotopic (exact) mass is 314 g/mol. The lowest BCUT2D eigenvalue weighted by Crippen LogP contribution is -2.35. The van der Waals surface area contributed by atoms with Gasteiger partial charge in [0.15, 0.2) is 0 Å². The second-order valence-electron chi connectivity index (χ2n) is 6.17. The van der Waals surface area contributed by atoms with Crippen molar-refractivity contribution < 1.29 is 14.6 Å². The van der Waals surface area contributed by atoms with Gasteiger partial charge in [0.1, 0.15) is 11.3 Å². The van der Waals surface area contributed by atoms with Crippen LogP contribution in [0.25, 0.3) is 10.9 Å². The molecular weight excluding hydrogens is 292 g/mol. The van der Waals surface area contributed by atoms with Gasteiger partial charge in [-0.3, -0.25) is 9.78 Å². The van der Waals surface area contributed by atoms with Gasteiger partial charge >= 0.3 is 5.97 Å². The number of para-hydroxylation sites is 1. The Labute approximate surface area is 135 Å². The number of carboxylic acids is 1. The van der Waals surface area contributed by atoms with Crippen LogP contribution in [0, 0.1) is 12.8 Å². The van der Waals surface area contributed by atoms with Crippen LogP contribution in [0.1, 0.15) is 24.8 Å². The van der Waals surface area contributed by atoms with E-state index in [9.17, 15) is 4.79 Å². The lowest BCUT2D eigenvalue weighted by Gasteiger charge is -2.34. The summed E-state index contributed by atoms with van der Waals surface area (Å²) < 4.78 is 5.42. The Bertz CT molecular complexity index is 722. The number of rotatable bonds is 4. The van der Waals surface area contributed by atoms with Crippen molar-refractivity contribution in [2.75, 3.05) is 25.1 Å². The smallest absolute Gasteiger partial charge is 0.303 e. The Kier molecular flexibility index (Phi) is 4.37. The Morgan fingerprint density at radius 1 is 1.39 bits per heavy atom. The number of piperidine rings is 1. The number of fused-ring (bicyclic) bond motifs is 1. The van der Waals surface area contributed by atoms with Gasteiger partial charge in [-0.15, -0.1) is 0 Å². The molecule has 0 amide bonds. The summed E-state index contributed by atoms with van der Waals surface area (Å²) in [7, 11) is 1.66. The molecule has 0 unspecified atom stereocenters. The maximum absolute atomic E-state index is 10.9. The lowest BCUT2D eigenvalue weighted by molar-refractivity contribution is -0.138. The molecule has 1 fully saturated rings. The number of carbonyl (C=O) groups is 1. The molecule has 0 aliphatic carbocycles. The number of hydrogen-bond donors (Lipinski definition) is 1. The number of hydrogen-bond acceptors (Lipinski definition) is 4. The summed E-state index contributed by atoms with van der Waals surface area (Å²) in [5, 5.41) is 10.1. The average Bonchev–Trinajstić information content (AvgIpc) is 2.54. The number of aromatic nitrogens is 1.